The SMILES string of the molecule is CC1(C)[C@H]2CC=C(C(=N)N)[C@@H]1C2. The second-order valence-electron chi connectivity index (χ2n) is 4.62. The quantitative estimate of drug-likeness (QED) is 0.451. The van der Waals surface area contributed by atoms with Gasteiger partial charge in [0.1, 0.15) is 5.84 Å². The van der Waals surface area contributed by atoms with E-state index in [0.29, 0.717) is 11.3 Å². The van der Waals surface area contributed by atoms with Crippen molar-refractivity contribution >= 4 is 5.84 Å². The first-order chi connectivity index (χ1) is 5.53. The van der Waals surface area contributed by atoms with Gasteiger partial charge in [-0.2, -0.15) is 0 Å². The Morgan fingerprint density at radius 1 is 1.67 bits per heavy atom. The standard InChI is InChI=1S/C10H16N2/c1-10(2)6-3-4-7(9(11)12)8(10)5-6/h4,6,8H,3,5H2,1-2H3,(H3,11,12)/t6-,8-/m0/s1. The van der Waals surface area contributed by atoms with Crippen LogP contribution in [0.15, 0.2) is 11.6 Å². The van der Waals surface area contributed by atoms with Crippen molar-refractivity contribution in [1.82, 2.24) is 0 Å². The Hall–Kier alpha value is -0.790. The third-order valence-electron chi connectivity index (χ3n) is 3.78. The summed E-state index contributed by atoms with van der Waals surface area (Å²) in [7, 11) is 0. The minimum atomic E-state index is 0.284. The van der Waals surface area contributed by atoms with E-state index < -0.39 is 0 Å². The van der Waals surface area contributed by atoms with Crippen LogP contribution in [0.3, 0.4) is 0 Å². The van der Waals surface area contributed by atoms with Crippen molar-refractivity contribution in [1.29, 1.82) is 5.41 Å². The lowest BCUT2D eigenvalue weighted by atomic mass is 9.49. The molecular formula is C10H16N2. The van der Waals surface area contributed by atoms with Crippen LogP contribution < -0.4 is 5.73 Å². The van der Waals surface area contributed by atoms with Crippen LogP contribution in [-0.4, -0.2) is 5.84 Å². The molecule has 2 nitrogen and oxygen atoms in total. The Bertz CT molecular complexity index is 263. The van der Waals surface area contributed by atoms with Crippen LogP contribution in [0.4, 0.5) is 0 Å². The summed E-state index contributed by atoms with van der Waals surface area (Å²) in [6, 6.07) is 0. The normalized spacial score (nSPS) is 36.7. The second kappa shape index (κ2) is 2.12. The van der Waals surface area contributed by atoms with Crippen molar-refractivity contribution in [2.75, 3.05) is 0 Å². The summed E-state index contributed by atoms with van der Waals surface area (Å²) in [5.41, 5.74) is 7.02. The molecule has 3 aliphatic carbocycles. The van der Waals surface area contributed by atoms with Gasteiger partial charge in [0.2, 0.25) is 0 Å². The van der Waals surface area contributed by atoms with E-state index in [4.69, 9.17) is 11.1 Å². The Labute approximate surface area is 73.3 Å². The molecule has 0 spiro atoms. The van der Waals surface area contributed by atoms with Gasteiger partial charge < -0.3 is 5.73 Å². The van der Waals surface area contributed by atoms with Gasteiger partial charge in [0, 0.05) is 0 Å². The van der Waals surface area contributed by atoms with Gasteiger partial charge in [0.25, 0.3) is 0 Å². The third kappa shape index (κ3) is 0.780. The molecule has 1 saturated carbocycles. The molecule has 0 aromatic rings. The fourth-order valence-corrected chi connectivity index (χ4v) is 2.65. The first-order valence-electron chi connectivity index (χ1n) is 4.58. The summed E-state index contributed by atoms with van der Waals surface area (Å²) in [5.74, 6) is 1.69. The molecule has 3 rings (SSSR count). The van der Waals surface area contributed by atoms with Crippen LogP contribution in [0, 0.1) is 22.7 Å². The highest BCUT2D eigenvalue weighted by atomic mass is 14.7. The number of amidine groups is 1. The van der Waals surface area contributed by atoms with Gasteiger partial charge in [0.05, 0.1) is 0 Å². The topological polar surface area (TPSA) is 49.9 Å². The average Bonchev–Trinajstić information content (AvgIpc) is 2.04. The second-order valence-corrected chi connectivity index (χ2v) is 4.62. The molecule has 12 heavy (non-hydrogen) atoms. The highest BCUT2D eigenvalue weighted by molar-refractivity contribution is 5.95. The predicted molar refractivity (Wildman–Crippen MR) is 50.0 cm³/mol. The van der Waals surface area contributed by atoms with Crippen LogP contribution in [0.1, 0.15) is 26.7 Å². The van der Waals surface area contributed by atoms with E-state index >= 15 is 0 Å². The summed E-state index contributed by atoms with van der Waals surface area (Å²) in [6.07, 6.45) is 4.53. The molecular weight excluding hydrogens is 148 g/mol. The van der Waals surface area contributed by atoms with Gasteiger partial charge in [-0.1, -0.05) is 19.9 Å². The average molecular weight is 164 g/mol. The maximum atomic E-state index is 7.43. The summed E-state index contributed by atoms with van der Waals surface area (Å²) in [4.78, 5) is 0. The van der Waals surface area contributed by atoms with E-state index in [1.54, 1.807) is 0 Å². The Balaban J connectivity index is 2.30. The zero-order valence-electron chi connectivity index (χ0n) is 7.72. The van der Waals surface area contributed by atoms with Crippen molar-refractivity contribution in [2.45, 2.75) is 26.7 Å². The van der Waals surface area contributed by atoms with Crippen LogP contribution in [-0.2, 0) is 0 Å². The van der Waals surface area contributed by atoms with Crippen molar-refractivity contribution in [2.24, 2.45) is 23.0 Å². The summed E-state index contributed by atoms with van der Waals surface area (Å²) in [6.45, 7) is 4.59. The molecule has 0 unspecified atom stereocenters. The molecule has 66 valence electrons. The van der Waals surface area contributed by atoms with E-state index in [0.717, 1.165) is 17.9 Å². The monoisotopic (exact) mass is 164 g/mol. The number of rotatable bonds is 1. The highest BCUT2D eigenvalue weighted by Gasteiger charge is 2.51. The molecule has 0 aromatic heterocycles. The van der Waals surface area contributed by atoms with Gasteiger partial charge in [-0.05, 0) is 35.7 Å². The highest BCUT2D eigenvalue weighted by Crippen LogP contribution is 2.58. The summed E-state index contributed by atoms with van der Waals surface area (Å²) in [5, 5.41) is 7.43. The van der Waals surface area contributed by atoms with Crippen molar-refractivity contribution in [3.63, 3.8) is 0 Å². The van der Waals surface area contributed by atoms with Gasteiger partial charge in [0.15, 0.2) is 0 Å². The minimum Gasteiger partial charge on any atom is -0.384 e. The van der Waals surface area contributed by atoms with Crippen LogP contribution in [0.25, 0.3) is 0 Å². The maximum absolute atomic E-state index is 7.43. The molecule has 2 bridgehead atoms. The largest absolute Gasteiger partial charge is 0.384 e. The summed E-state index contributed by atoms with van der Waals surface area (Å²) >= 11 is 0. The number of nitrogens with two attached hydrogens (primary N) is 1. The third-order valence-corrected chi connectivity index (χ3v) is 3.78. The molecule has 3 aliphatic rings. The Kier molecular flexibility index (Phi) is 1.39. The fraction of sp³-hybridized carbons (Fsp3) is 0.700. The summed E-state index contributed by atoms with van der Waals surface area (Å²) < 4.78 is 0. The Morgan fingerprint density at radius 3 is 2.67 bits per heavy atom. The van der Waals surface area contributed by atoms with Gasteiger partial charge in [-0.3, -0.25) is 5.41 Å². The lowest BCUT2D eigenvalue weighted by molar-refractivity contribution is -0.00178. The van der Waals surface area contributed by atoms with Crippen molar-refractivity contribution in [3.8, 4) is 0 Å². The van der Waals surface area contributed by atoms with Crippen molar-refractivity contribution in [3.05, 3.63) is 11.6 Å². The number of allylic oxidation sites excluding steroid dienone is 1. The molecule has 0 aliphatic heterocycles. The number of nitrogens with one attached hydrogen (secondary N) is 1. The van der Waals surface area contributed by atoms with Gasteiger partial charge in [-0.15, -0.1) is 0 Å². The fourth-order valence-electron chi connectivity index (χ4n) is 2.65. The maximum Gasteiger partial charge on any atom is 0.118 e. The predicted octanol–water partition coefficient (Wildman–Crippen LogP) is 1.91. The van der Waals surface area contributed by atoms with E-state index in [1.807, 2.05) is 0 Å². The minimum absolute atomic E-state index is 0.284. The van der Waals surface area contributed by atoms with Crippen LogP contribution in [0.5, 0.6) is 0 Å². The molecule has 0 amide bonds. The smallest absolute Gasteiger partial charge is 0.118 e. The van der Waals surface area contributed by atoms with E-state index in [1.165, 1.54) is 6.42 Å². The molecule has 0 heterocycles. The van der Waals surface area contributed by atoms with Crippen LogP contribution in [0.2, 0.25) is 0 Å². The molecule has 2 heteroatoms. The van der Waals surface area contributed by atoms with Gasteiger partial charge in [-0.25, -0.2) is 0 Å². The number of hydrogen-bond donors (Lipinski definition) is 2. The van der Waals surface area contributed by atoms with E-state index in [9.17, 15) is 0 Å². The van der Waals surface area contributed by atoms with Gasteiger partial charge >= 0.3 is 0 Å². The molecule has 0 radical (unpaired) electrons. The first kappa shape index (κ1) is 7.84. The number of hydrogen-bond acceptors (Lipinski definition) is 1. The molecule has 0 saturated heterocycles. The lowest BCUT2D eigenvalue weighted by Gasteiger charge is -2.56. The van der Waals surface area contributed by atoms with E-state index in [-0.39, 0.29) is 5.84 Å². The molecule has 3 N–H and O–H groups in total. The number of fused-ring (bicyclic) bond motifs is 1. The lowest BCUT2D eigenvalue weighted by Crippen LogP contribution is -2.50. The zero-order valence-corrected chi connectivity index (χ0v) is 7.72. The zero-order chi connectivity index (χ0) is 8.93. The first-order valence-corrected chi connectivity index (χ1v) is 4.58. The molecule has 2 atom stereocenters. The Morgan fingerprint density at radius 2 is 2.33 bits per heavy atom. The molecule has 1 fully saturated rings. The molecule has 0 aromatic carbocycles. The van der Waals surface area contributed by atoms with Crippen molar-refractivity contribution < 1.29 is 0 Å². The van der Waals surface area contributed by atoms with E-state index in [2.05, 4.69) is 19.9 Å². The van der Waals surface area contributed by atoms with Crippen LogP contribution >= 0.6 is 0 Å².